The molecule has 1 aliphatic rings. The van der Waals surface area contributed by atoms with Crippen LogP contribution in [-0.4, -0.2) is 35.6 Å². The minimum absolute atomic E-state index is 0.00972. The second-order valence-electron chi connectivity index (χ2n) is 3.89. The SMILES string of the molecule is C[C@@H](O)c1ccnc(N2CCNC(=O)C2)c1. The van der Waals surface area contributed by atoms with Gasteiger partial charge in [0.15, 0.2) is 0 Å². The van der Waals surface area contributed by atoms with E-state index in [0.29, 0.717) is 13.1 Å². The molecule has 2 heterocycles. The molecule has 0 spiro atoms. The maximum atomic E-state index is 11.2. The third-order valence-electron chi connectivity index (χ3n) is 2.61. The van der Waals surface area contributed by atoms with Crippen LogP contribution in [0.15, 0.2) is 18.3 Å². The fourth-order valence-corrected chi connectivity index (χ4v) is 1.70. The largest absolute Gasteiger partial charge is 0.389 e. The number of nitrogens with zero attached hydrogens (tertiary/aromatic N) is 2. The number of rotatable bonds is 2. The first-order valence-corrected chi connectivity index (χ1v) is 5.32. The summed E-state index contributed by atoms with van der Waals surface area (Å²) in [5.74, 6) is 0.753. The highest BCUT2D eigenvalue weighted by molar-refractivity contribution is 5.82. The molecular weight excluding hydrogens is 206 g/mol. The zero-order chi connectivity index (χ0) is 11.5. The number of aliphatic hydroxyl groups is 1. The fourth-order valence-electron chi connectivity index (χ4n) is 1.70. The van der Waals surface area contributed by atoms with Crippen molar-refractivity contribution in [3.8, 4) is 0 Å². The van der Waals surface area contributed by atoms with Gasteiger partial charge in [-0.1, -0.05) is 0 Å². The molecule has 0 unspecified atom stereocenters. The van der Waals surface area contributed by atoms with Gasteiger partial charge in [-0.2, -0.15) is 0 Å². The fraction of sp³-hybridized carbons (Fsp3) is 0.455. The first kappa shape index (κ1) is 10.9. The van der Waals surface area contributed by atoms with Gasteiger partial charge in [0.05, 0.1) is 12.6 Å². The number of pyridine rings is 1. The number of carbonyl (C=O) groups is 1. The molecule has 86 valence electrons. The normalized spacial score (nSPS) is 18.1. The molecule has 1 aromatic heterocycles. The summed E-state index contributed by atoms with van der Waals surface area (Å²) in [7, 11) is 0. The van der Waals surface area contributed by atoms with Crippen molar-refractivity contribution < 1.29 is 9.90 Å². The van der Waals surface area contributed by atoms with E-state index in [-0.39, 0.29) is 5.91 Å². The van der Waals surface area contributed by atoms with Gasteiger partial charge in [0, 0.05) is 19.3 Å². The number of anilines is 1. The van der Waals surface area contributed by atoms with Crippen LogP contribution in [0.5, 0.6) is 0 Å². The van der Waals surface area contributed by atoms with Gasteiger partial charge in [-0.3, -0.25) is 4.79 Å². The summed E-state index contributed by atoms with van der Waals surface area (Å²) < 4.78 is 0. The molecule has 1 aromatic rings. The first-order valence-electron chi connectivity index (χ1n) is 5.32. The van der Waals surface area contributed by atoms with Crippen LogP contribution in [0.1, 0.15) is 18.6 Å². The molecule has 2 rings (SSSR count). The summed E-state index contributed by atoms with van der Waals surface area (Å²) in [5.41, 5.74) is 0.816. The number of hydrogen-bond donors (Lipinski definition) is 2. The quantitative estimate of drug-likeness (QED) is 0.741. The van der Waals surface area contributed by atoms with Crippen LogP contribution in [0.4, 0.5) is 5.82 Å². The molecule has 16 heavy (non-hydrogen) atoms. The number of amides is 1. The zero-order valence-corrected chi connectivity index (χ0v) is 9.18. The molecule has 0 aliphatic carbocycles. The minimum Gasteiger partial charge on any atom is -0.389 e. The molecule has 1 fully saturated rings. The van der Waals surface area contributed by atoms with Gasteiger partial charge in [0.1, 0.15) is 5.82 Å². The van der Waals surface area contributed by atoms with E-state index in [1.165, 1.54) is 0 Å². The van der Waals surface area contributed by atoms with Gasteiger partial charge in [-0.15, -0.1) is 0 Å². The van der Waals surface area contributed by atoms with Crippen LogP contribution >= 0.6 is 0 Å². The Kier molecular flexibility index (Phi) is 3.05. The minimum atomic E-state index is -0.514. The molecule has 1 atom stereocenters. The van der Waals surface area contributed by atoms with Crippen LogP contribution in [0, 0.1) is 0 Å². The molecular formula is C11H15N3O2. The van der Waals surface area contributed by atoms with E-state index in [1.807, 2.05) is 11.0 Å². The number of nitrogens with one attached hydrogen (secondary N) is 1. The van der Waals surface area contributed by atoms with Crippen molar-refractivity contribution in [1.82, 2.24) is 10.3 Å². The Hall–Kier alpha value is -1.62. The average Bonchev–Trinajstić information content (AvgIpc) is 2.29. The van der Waals surface area contributed by atoms with Gasteiger partial charge in [0.2, 0.25) is 5.91 Å². The van der Waals surface area contributed by atoms with Crippen molar-refractivity contribution in [1.29, 1.82) is 0 Å². The smallest absolute Gasteiger partial charge is 0.239 e. The summed E-state index contributed by atoms with van der Waals surface area (Å²) in [4.78, 5) is 17.4. The lowest BCUT2D eigenvalue weighted by Gasteiger charge is -2.27. The predicted octanol–water partition coefficient (Wildman–Crippen LogP) is 0.0711. The van der Waals surface area contributed by atoms with Crippen LogP contribution in [0.2, 0.25) is 0 Å². The topological polar surface area (TPSA) is 65.5 Å². The van der Waals surface area contributed by atoms with Gasteiger partial charge < -0.3 is 15.3 Å². The number of carbonyl (C=O) groups excluding carboxylic acids is 1. The van der Waals surface area contributed by atoms with Gasteiger partial charge in [0.25, 0.3) is 0 Å². The second kappa shape index (κ2) is 4.49. The highest BCUT2D eigenvalue weighted by atomic mass is 16.3. The molecule has 1 saturated heterocycles. The monoisotopic (exact) mass is 221 g/mol. The van der Waals surface area contributed by atoms with Crippen molar-refractivity contribution in [3.63, 3.8) is 0 Å². The summed E-state index contributed by atoms with van der Waals surface area (Å²) in [6.07, 6.45) is 1.14. The molecule has 5 nitrogen and oxygen atoms in total. The van der Waals surface area contributed by atoms with E-state index < -0.39 is 6.10 Å². The van der Waals surface area contributed by atoms with Crippen molar-refractivity contribution in [2.24, 2.45) is 0 Å². The van der Waals surface area contributed by atoms with Crippen molar-refractivity contribution in [2.45, 2.75) is 13.0 Å². The lowest BCUT2D eigenvalue weighted by molar-refractivity contribution is -0.120. The lowest BCUT2D eigenvalue weighted by atomic mass is 10.1. The molecule has 5 heteroatoms. The Bertz CT molecular complexity index is 393. The number of aromatic nitrogens is 1. The standard InChI is InChI=1S/C11H15N3O2/c1-8(15)9-2-3-12-10(6-9)14-5-4-13-11(16)7-14/h2-3,6,8,15H,4-5,7H2,1H3,(H,13,16)/t8-/m1/s1. The Morgan fingerprint density at radius 3 is 3.12 bits per heavy atom. The summed E-state index contributed by atoms with van der Waals surface area (Å²) in [6.45, 7) is 3.43. The zero-order valence-electron chi connectivity index (χ0n) is 9.18. The predicted molar refractivity (Wildman–Crippen MR) is 60.1 cm³/mol. The number of piperazine rings is 1. The maximum absolute atomic E-state index is 11.2. The molecule has 2 N–H and O–H groups in total. The first-order chi connectivity index (χ1) is 7.66. The highest BCUT2D eigenvalue weighted by Gasteiger charge is 2.17. The van der Waals surface area contributed by atoms with E-state index in [9.17, 15) is 9.90 Å². The van der Waals surface area contributed by atoms with E-state index in [1.54, 1.807) is 19.2 Å². The number of aliphatic hydroxyl groups excluding tert-OH is 1. The van der Waals surface area contributed by atoms with Crippen molar-refractivity contribution >= 4 is 11.7 Å². The van der Waals surface area contributed by atoms with Crippen LogP contribution in [0.25, 0.3) is 0 Å². The van der Waals surface area contributed by atoms with Gasteiger partial charge in [-0.05, 0) is 24.6 Å². The van der Waals surface area contributed by atoms with Crippen LogP contribution in [-0.2, 0) is 4.79 Å². The van der Waals surface area contributed by atoms with E-state index >= 15 is 0 Å². The summed E-state index contributed by atoms with van der Waals surface area (Å²) >= 11 is 0. The molecule has 1 amide bonds. The maximum Gasteiger partial charge on any atom is 0.239 e. The average molecular weight is 221 g/mol. The molecule has 0 aromatic carbocycles. The third kappa shape index (κ3) is 2.30. The lowest BCUT2D eigenvalue weighted by Crippen LogP contribution is -2.48. The molecule has 0 bridgehead atoms. The second-order valence-corrected chi connectivity index (χ2v) is 3.89. The van der Waals surface area contributed by atoms with Gasteiger partial charge in [-0.25, -0.2) is 4.98 Å². The Labute approximate surface area is 94.1 Å². The Morgan fingerprint density at radius 2 is 2.44 bits per heavy atom. The number of hydrogen-bond acceptors (Lipinski definition) is 4. The third-order valence-corrected chi connectivity index (χ3v) is 2.61. The van der Waals surface area contributed by atoms with Crippen molar-refractivity contribution in [3.05, 3.63) is 23.9 Å². The van der Waals surface area contributed by atoms with Crippen LogP contribution < -0.4 is 10.2 Å². The highest BCUT2D eigenvalue weighted by Crippen LogP contribution is 2.18. The van der Waals surface area contributed by atoms with E-state index in [2.05, 4.69) is 10.3 Å². The van der Waals surface area contributed by atoms with E-state index in [4.69, 9.17) is 0 Å². The molecule has 0 radical (unpaired) electrons. The Balaban J connectivity index is 2.19. The summed E-state index contributed by atoms with van der Waals surface area (Å²) in [5, 5.41) is 12.2. The van der Waals surface area contributed by atoms with Crippen LogP contribution in [0.3, 0.4) is 0 Å². The van der Waals surface area contributed by atoms with E-state index in [0.717, 1.165) is 17.9 Å². The molecule has 1 aliphatic heterocycles. The van der Waals surface area contributed by atoms with Crippen molar-refractivity contribution in [2.75, 3.05) is 24.5 Å². The van der Waals surface area contributed by atoms with Gasteiger partial charge >= 0.3 is 0 Å². The molecule has 0 saturated carbocycles. The summed E-state index contributed by atoms with van der Waals surface area (Å²) in [6, 6.07) is 3.60. The Morgan fingerprint density at radius 1 is 1.62 bits per heavy atom.